The number of benzene rings is 2. The van der Waals surface area contributed by atoms with Gasteiger partial charge >= 0.3 is 0 Å². The number of aryl methyl sites for hydroxylation is 1. The molecule has 0 radical (unpaired) electrons. The topological polar surface area (TPSA) is 60.2 Å². The van der Waals surface area contributed by atoms with Gasteiger partial charge in [0.05, 0.1) is 29.8 Å². The van der Waals surface area contributed by atoms with Crippen LogP contribution in [0.1, 0.15) is 17.7 Å². The van der Waals surface area contributed by atoms with E-state index in [9.17, 15) is 4.79 Å². The predicted octanol–water partition coefficient (Wildman–Crippen LogP) is 4.84. The highest BCUT2D eigenvalue weighted by Crippen LogP contribution is 2.28. The Balaban J connectivity index is 1.33. The van der Waals surface area contributed by atoms with Crippen molar-refractivity contribution in [1.82, 2.24) is 19.4 Å². The number of hydrogen-bond donors (Lipinski definition) is 0. The Labute approximate surface area is 207 Å². The summed E-state index contributed by atoms with van der Waals surface area (Å²) in [4.78, 5) is 25.4. The van der Waals surface area contributed by atoms with Crippen molar-refractivity contribution >= 4 is 34.0 Å². The van der Waals surface area contributed by atoms with Crippen LogP contribution in [0.3, 0.4) is 0 Å². The first-order valence-corrected chi connectivity index (χ1v) is 13.5. The maximum atomic E-state index is 13.3. The molecule has 2 aromatic carbocycles. The Bertz CT molecular complexity index is 1310. The van der Waals surface area contributed by atoms with Gasteiger partial charge in [0.25, 0.3) is 5.56 Å². The van der Waals surface area contributed by atoms with E-state index in [-0.39, 0.29) is 5.56 Å². The van der Waals surface area contributed by atoms with Gasteiger partial charge in [0.15, 0.2) is 5.16 Å². The predicted molar refractivity (Wildman–Crippen MR) is 140 cm³/mol. The fraction of sp³-hybridized carbons (Fsp3) is 0.346. The van der Waals surface area contributed by atoms with E-state index in [1.165, 1.54) is 5.56 Å². The van der Waals surface area contributed by atoms with Gasteiger partial charge in [-0.15, -0.1) is 11.3 Å². The highest BCUT2D eigenvalue weighted by Gasteiger charge is 2.15. The van der Waals surface area contributed by atoms with Crippen molar-refractivity contribution in [1.29, 1.82) is 0 Å². The maximum absolute atomic E-state index is 13.3. The second-order valence-corrected chi connectivity index (χ2v) is 10.3. The molecular formula is C26H28N4O2S2. The molecule has 176 valence electrons. The van der Waals surface area contributed by atoms with Gasteiger partial charge in [-0.05, 0) is 25.5 Å². The Kier molecular flexibility index (Phi) is 7.39. The molecule has 0 bridgehead atoms. The van der Waals surface area contributed by atoms with Crippen molar-refractivity contribution in [2.24, 2.45) is 0 Å². The van der Waals surface area contributed by atoms with Crippen molar-refractivity contribution in [3.63, 3.8) is 0 Å². The molecule has 4 aromatic rings. The van der Waals surface area contributed by atoms with Crippen LogP contribution in [0.5, 0.6) is 0 Å². The molecule has 0 amide bonds. The number of morpholine rings is 1. The summed E-state index contributed by atoms with van der Waals surface area (Å²) in [5, 5.41) is 4.55. The van der Waals surface area contributed by atoms with Crippen LogP contribution in [0.25, 0.3) is 21.5 Å². The van der Waals surface area contributed by atoms with Crippen LogP contribution in [0, 0.1) is 6.92 Å². The Hall–Kier alpha value is -2.52. The van der Waals surface area contributed by atoms with E-state index in [2.05, 4.69) is 41.5 Å². The molecule has 0 saturated carbocycles. The minimum absolute atomic E-state index is 0.0358. The zero-order chi connectivity index (χ0) is 23.3. The van der Waals surface area contributed by atoms with E-state index in [4.69, 9.17) is 14.7 Å². The third-order valence-corrected chi connectivity index (χ3v) is 7.94. The Morgan fingerprint density at radius 3 is 2.65 bits per heavy atom. The van der Waals surface area contributed by atoms with Crippen LogP contribution < -0.4 is 5.56 Å². The van der Waals surface area contributed by atoms with Gasteiger partial charge in [-0.2, -0.15) is 0 Å². The van der Waals surface area contributed by atoms with Crippen LogP contribution in [0.4, 0.5) is 0 Å². The van der Waals surface area contributed by atoms with E-state index in [1.54, 1.807) is 23.1 Å². The summed E-state index contributed by atoms with van der Waals surface area (Å²) < 4.78 is 7.29. The van der Waals surface area contributed by atoms with E-state index < -0.39 is 0 Å². The van der Waals surface area contributed by atoms with Crippen LogP contribution in [-0.4, -0.2) is 52.3 Å². The van der Waals surface area contributed by atoms with E-state index in [1.807, 2.05) is 28.8 Å². The van der Waals surface area contributed by atoms with E-state index in [0.717, 1.165) is 66.2 Å². The maximum Gasteiger partial charge on any atom is 0.262 e. The number of para-hydroxylation sites is 1. The molecule has 8 heteroatoms. The zero-order valence-corrected chi connectivity index (χ0v) is 20.9. The van der Waals surface area contributed by atoms with Crippen LogP contribution >= 0.6 is 23.1 Å². The van der Waals surface area contributed by atoms with Gasteiger partial charge in [-0.1, -0.05) is 53.7 Å². The number of fused-ring (bicyclic) bond motifs is 1. The molecule has 34 heavy (non-hydrogen) atoms. The van der Waals surface area contributed by atoms with Crippen molar-refractivity contribution in [3.05, 3.63) is 75.5 Å². The second-order valence-electron chi connectivity index (χ2n) is 8.47. The molecule has 6 nitrogen and oxygen atoms in total. The lowest BCUT2D eigenvalue weighted by atomic mass is 10.2. The minimum Gasteiger partial charge on any atom is -0.379 e. The number of nitrogens with zero attached hydrogens (tertiary/aromatic N) is 4. The largest absolute Gasteiger partial charge is 0.379 e. The minimum atomic E-state index is 0.0358. The lowest BCUT2D eigenvalue weighted by Crippen LogP contribution is -2.37. The standard InChI is InChI=1S/C26H28N4O2S2/c1-19-7-9-20(10-8-19)24-27-21(17-33-24)18-34-26-28-23-6-3-2-5-22(23)25(31)30(26)12-4-11-29-13-15-32-16-14-29/h2-3,5-10,17H,4,11-16,18H2,1H3. The van der Waals surface area contributed by atoms with Gasteiger partial charge in [-0.25, -0.2) is 9.97 Å². The number of ether oxygens (including phenoxy) is 1. The highest BCUT2D eigenvalue weighted by molar-refractivity contribution is 7.98. The normalized spacial score (nSPS) is 14.6. The summed E-state index contributed by atoms with van der Waals surface area (Å²) in [6.45, 7) is 7.19. The summed E-state index contributed by atoms with van der Waals surface area (Å²) in [6, 6.07) is 16.1. The monoisotopic (exact) mass is 492 g/mol. The Morgan fingerprint density at radius 1 is 1.03 bits per heavy atom. The van der Waals surface area contributed by atoms with Gasteiger partial charge in [-0.3, -0.25) is 14.3 Å². The van der Waals surface area contributed by atoms with Gasteiger partial charge in [0.2, 0.25) is 0 Å². The molecule has 1 aliphatic heterocycles. The average molecular weight is 493 g/mol. The highest BCUT2D eigenvalue weighted by atomic mass is 32.2. The average Bonchev–Trinajstić information content (AvgIpc) is 3.34. The SMILES string of the molecule is Cc1ccc(-c2nc(CSc3nc4ccccc4c(=O)n3CCCN3CCOCC3)cs2)cc1. The first-order valence-electron chi connectivity index (χ1n) is 11.6. The second kappa shape index (κ2) is 10.8. The summed E-state index contributed by atoms with van der Waals surface area (Å²) in [6.07, 6.45) is 0.905. The molecule has 2 aromatic heterocycles. The molecule has 3 heterocycles. The van der Waals surface area contributed by atoms with Crippen LogP contribution in [0.2, 0.25) is 0 Å². The fourth-order valence-electron chi connectivity index (χ4n) is 4.07. The molecule has 1 aliphatic rings. The van der Waals surface area contributed by atoms with E-state index >= 15 is 0 Å². The number of thiazole rings is 1. The fourth-order valence-corrected chi connectivity index (χ4v) is 5.92. The van der Waals surface area contributed by atoms with Crippen molar-refractivity contribution in [3.8, 4) is 10.6 Å². The van der Waals surface area contributed by atoms with E-state index in [0.29, 0.717) is 17.7 Å². The summed E-state index contributed by atoms with van der Waals surface area (Å²) in [7, 11) is 0. The summed E-state index contributed by atoms with van der Waals surface area (Å²) in [5.41, 5.74) is 4.17. The third kappa shape index (κ3) is 5.41. The van der Waals surface area contributed by atoms with Gasteiger partial charge in [0, 0.05) is 42.9 Å². The number of hydrogen-bond acceptors (Lipinski definition) is 7. The van der Waals surface area contributed by atoms with Crippen molar-refractivity contribution in [2.75, 3.05) is 32.8 Å². The molecular weight excluding hydrogens is 464 g/mol. The number of thioether (sulfide) groups is 1. The smallest absolute Gasteiger partial charge is 0.262 e. The molecule has 1 saturated heterocycles. The Morgan fingerprint density at radius 2 is 1.82 bits per heavy atom. The number of rotatable bonds is 8. The van der Waals surface area contributed by atoms with Crippen LogP contribution in [-0.2, 0) is 17.0 Å². The quantitative estimate of drug-likeness (QED) is 0.259. The third-order valence-electron chi connectivity index (χ3n) is 5.99. The summed E-state index contributed by atoms with van der Waals surface area (Å²) in [5.74, 6) is 0.677. The molecule has 0 atom stereocenters. The molecule has 0 unspecified atom stereocenters. The van der Waals surface area contributed by atoms with Crippen molar-refractivity contribution in [2.45, 2.75) is 30.8 Å². The van der Waals surface area contributed by atoms with Crippen LogP contribution in [0.15, 0.2) is 63.9 Å². The molecule has 5 rings (SSSR count). The first-order chi connectivity index (χ1) is 16.7. The first kappa shape index (κ1) is 23.2. The van der Waals surface area contributed by atoms with Gasteiger partial charge in [0.1, 0.15) is 5.01 Å². The zero-order valence-electron chi connectivity index (χ0n) is 19.3. The molecule has 0 aliphatic carbocycles. The number of aromatic nitrogens is 3. The molecule has 0 spiro atoms. The lowest BCUT2D eigenvalue weighted by Gasteiger charge is -2.26. The van der Waals surface area contributed by atoms with Crippen molar-refractivity contribution < 1.29 is 4.74 Å². The molecule has 0 N–H and O–H groups in total. The lowest BCUT2D eigenvalue weighted by molar-refractivity contribution is 0.0368. The van der Waals surface area contributed by atoms with Gasteiger partial charge < -0.3 is 4.74 Å². The molecule has 1 fully saturated rings. The summed E-state index contributed by atoms with van der Waals surface area (Å²) >= 11 is 3.24.